The van der Waals surface area contributed by atoms with Gasteiger partial charge >= 0.3 is 0 Å². The molecule has 2 atom stereocenters. The molecule has 0 saturated carbocycles. The first-order valence-corrected chi connectivity index (χ1v) is 7.45. The second kappa shape index (κ2) is 6.48. The number of hydrogen-bond donors (Lipinski definition) is 0. The molecule has 2 unspecified atom stereocenters. The third-order valence-electron chi connectivity index (χ3n) is 3.15. The van der Waals surface area contributed by atoms with Gasteiger partial charge in [-0.3, -0.25) is 4.79 Å². The Morgan fingerprint density at radius 3 is 2.89 bits per heavy atom. The van der Waals surface area contributed by atoms with Gasteiger partial charge in [0.2, 0.25) is 5.91 Å². The Morgan fingerprint density at radius 2 is 2.21 bits per heavy atom. The van der Waals surface area contributed by atoms with Gasteiger partial charge in [-0.05, 0) is 18.6 Å². The van der Waals surface area contributed by atoms with E-state index in [4.69, 9.17) is 4.74 Å². The van der Waals surface area contributed by atoms with Crippen molar-refractivity contribution in [3.63, 3.8) is 0 Å². The van der Waals surface area contributed by atoms with Crippen LogP contribution in [0.4, 0.5) is 4.39 Å². The third-order valence-corrected chi connectivity index (χ3v) is 3.87. The molecule has 1 saturated heterocycles. The maximum absolute atomic E-state index is 13.5. The Labute approximate surface area is 120 Å². The highest BCUT2D eigenvalue weighted by molar-refractivity contribution is 9.09. The van der Waals surface area contributed by atoms with E-state index in [1.165, 1.54) is 6.07 Å². The van der Waals surface area contributed by atoms with E-state index in [1.54, 1.807) is 23.1 Å². The molecule has 0 N–H and O–H groups in total. The van der Waals surface area contributed by atoms with Gasteiger partial charge in [0.15, 0.2) is 0 Å². The molecule has 3 nitrogen and oxygen atoms in total. The van der Waals surface area contributed by atoms with Gasteiger partial charge in [-0.15, -0.1) is 0 Å². The van der Waals surface area contributed by atoms with Gasteiger partial charge in [0.25, 0.3) is 0 Å². The van der Waals surface area contributed by atoms with Gasteiger partial charge in [-0.25, -0.2) is 4.39 Å². The molecule has 0 aliphatic carbocycles. The smallest absolute Gasteiger partial charge is 0.227 e. The van der Waals surface area contributed by atoms with Crippen LogP contribution in [0.15, 0.2) is 24.3 Å². The Bertz CT molecular complexity index is 455. The van der Waals surface area contributed by atoms with Crippen molar-refractivity contribution in [2.45, 2.75) is 25.6 Å². The van der Waals surface area contributed by atoms with Gasteiger partial charge in [-0.2, -0.15) is 0 Å². The van der Waals surface area contributed by atoms with E-state index in [0.29, 0.717) is 24.0 Å². The van der Waals surface area contributed by atoms with Crippen LogP contribution >= 0.6 is 15.9 Å². The first-order chi connectivity index (χ1) is 9.10. The Hall–Kier alpha value is -0.940. The van der Waals surface area contributed by atoms with E-state index in [2.05, 4.69) is 15.9 Å². The highest BCUT2D eigenvalue weighted by Gasteiger charge is 2.27. The number of halogens is 2. The minimum absolute atomic E-state index is 0.00770. The molecule has 0 radical (unpaired) electrons. The van der Waals surface area contributed by atoms with Crippen molar-refractivity contribution in [2.75, 3.05) is 18.4 Å². The molecule has 0 bridgehead atoms. The number of alkyl halides is 1. The molecule has 2 rings (SSSR count). The fourth-order valence-electron chi connectivity index (χ4n) is 2.25. The molecule has 19 heavy (non-hydrogen) atoms. The van der Waals surface area contributed by atoms with Crippen molar-refractivity contribution in [3.8, 4) is 0 Å². The number of morpholine rings is 1. The van der Waals surface area contributed by atoms with Crippen molar-refractivity contribution in [3.05, 3.63) is 35.6 Å². The lowest BCUT2D eigenvalue weighted by Gasteiger charge is -2.36. The van der Waals surface area contributed by atoms with Gasteiger partial charge in [0.1, 0.15) is 5.82 Å². The number of amides is 1. The fourth-order valence-corrected chi connectivity index (χ4v) is 2.61. The average Bonchev–Trinajstić information content (AvgIpc) is 2.40. The first kappa shape index (κ1) is 14.5. The number of nitrogens with zero attached hydrogens (tertiary/aromatic N) is 1. The van der Waals surface area contributed by atoms with Crippen LogP contribution in [-0.4, -0.2) is 41.4 Å². The first-order valence-electron chi connectivity index (χ1n) is 6.32. The van der Waals surface area contributed by atoms with Crippen LogP contribution < -0.4 is 0 Å². The van der Waals surface area contributed by atoms with Gasteiger partial charge < -0.3 is 9.64 Å². The summed E-state index contributed by atoms with van der Waals surface area (Å²) >= 11 is 3.37. The van der Waals surface area contributed by atoms with Crippen molar-refractivity contribution in [2.24, 2.45) is 0 Å². The highest BCUT2D eigenvalue weighted by Crippen LogP contribution is 2.15. The largest absolute Gasteiger partial charge is 0.371 e. The van der Waals surface area contributed by atoms with Crippen LogP contribution in [0.1, 0.15) is 12.5 Å². The average molecular weight is 330 g/mol. The predicted octanol–water partition coefficient (Wildman–Crippen LogP) is 2.38. The van der Waals surface area contributed by atoms with Crippen LogP contribution in [0.5, 0.6) is 0 Å². The van der Waals surface area contributed by atoms with E-state index in [9.17, 15) is 9.18 Å². The molecule has 1 fully saturated rings. The molecule has 1 heterocycles. The van der Waals surface area contributed by atoms with Crippen LogP contribution in [0.3, 0.4) is 0 Å². The number of benzene rings is 1. The monoisotopic (exact) mass is 329 g/mol. The second-order valence-corrected chi connectivity index (χ2v) is 5.44. The minimum Gasteiger partial charge on any atom is -0.371 e. The molecule has 1 aliphatic rings. The van der Waals surface area contributed by atoms with Crippen molar-refractivity contribution in [1.82, 2.24) is 4.90 Å². The normalized spacial score (nSPS) is 23.4. The highest BCUT2D eigenvalue weighted by atomic mass is 79.9. The summed E-state index contributed by atoms with van der Waals surface area (Å²) < 4.78 is 19.2. The Balaban J connectivity index is 2.01. The molecular formula is C14H17BrFNO2. The van der Waals surface area contributed by atoms with Gasteiger partial charge in [0.05, 0.1) is 18.6 Å². The lowest BCUT2D eigenvalue weighted by Crippen LogP contribution is -2.50. The maximum Gasteiger partial charge on any atom is 0.227 e. The summed E-state index contributed by atoms with van der Waals surface area (Å²) in [5, 5.41) is 0.695. The zero-order chi connectivity index (χ0) is 13.8. The summed E-state index contributed by atoms with van der Waals surface area (Å²) in [6.07, 6.45) is 0.128. The Kier molecular flexibility index (Phi) is 4.93. The van der Waals surface area contributed by atoms with Gasteiger partial charge in [0, 0.05) is 18.4 Å². The Morgan fingerprint density at radius 1 is 1.47 bits per heavy atom. The molecular weight excluding hydrogens is 313 g/mol. The predicted molar refractivity (Wildman–Crippen MR) is 74.8 cm³/mol. The lowest BCUT2D eigenvalue weighted by atomic mass is 10.1. The summed E-state index contributed by atoms with van der Waals surface area (Å²) in [6, 6.07) is 6.40. The number of hydrogen-bond acceptors (Lipinski definition) is 2. The van der Waals surface area contributed by atoms with Gasteiger partial charge in [-0.1, -0.05) is 34.1 Å². The number of carbonyl (C=O) groups is 1. The van der Waals surface area contributed by atoms with Crippen molar-refractivity contribution in [1.29, 1.82) is 0 Å². The molecule has 0 spiro atoms. The topological polar surface area (TPSA) is 29.5 Å². The minimum atomic E-state index is -0.325. The van der Waals surface area contributed by atoms with Crippen LogP contribution in [0.25, 0.3) is 0 Å². The van der Waals surface area contributed by atoms with Crippen molar-refractivity contribution >= 4 is 21.8 Å². The molecule has 0 aromatic heterocycles. The van der Waals surface area contributed by atoms with Crippen molar-refractivity contribution < 1.29 is 13.9 Å². The van der Waals surface area contributed by atoms with Crippen LogP contribution in [0, 0.1) is 5.82 Å². The second-order valence-electron chi connectivity index (χ2n) is 4.79. The molecule has 104 valence electrons. The summed E-state index contributed by atoms with van der Waals surface area (Å²) in [5.41, 5.74) is 0.446. The van der Waals surface area contributed by atoms with Crippen LogP contribution in [-0.2, 0) is 16.0 Å². The van der Waals surface area contributed by atoms with Crippen LogP contribution in [0.2, 0.25) is 0 Å². The zero-order valence-corrected chi connectivity index (χ0v) is 12.4. The SMILES string of the molecule is CC1CN(C(=O)Cc2ccccc2F)CC(CBr)O1. The standard InChI is InChI=1S/C14H17BrFNO2/c1-10-8-17(9-12(7-15)19-10)14(18)6-11-4-2-3-5-13(11)16/h2-5,10,12H,6-9H2,1H3. The molecule has 1 aromatic carbocycles. The molecule has 1 aromatic rings. The summed E-state index contributed by atoms with van der Waals surface area (Å²) in [7, 11) is 0. The fraction of sp³-hybridized carbons (Fsp3) is 0.500. The number of rotatable bonds is 3. The van der Waals surface area contributed by atoms with E-state index in [0.717, 1.165) is 0 Å². The summed E-state index contributed by atoms with van der Waals surface area (Å²) in [4.78, 5) is 14.0. The molecule has 1 amide bonds. The summed E-state index contributed by atoms with van der Waals surface area (Å²) in [5.74, 6) is -0.375. The lowest BCUT2D eigenvalue weighted by molar-refractivity contribution is -0.142. The number of ether oxygens (including phenoxy) is 1. The quantitative estimate of drug-likeness (QED) is 0.797. The summed E-state index contributed by atoms with van der Waals surface area (Å²) in [6.45, 7) is 3.07. The molecule has 1 aliphatic heterocycles. The molecule has 5 heteroatoms. The number of carbonyl (C=O) groups excluding carboxylic acids is 1. The van der Waals surface area contributed by atoms with E-state index in [1.807, 2.05) is 6.92 Å². The van der Waals surface area contributed by atoms with E-state index in [-0.39, 0.29) is 30.4 Å². The maximum atomic E-state index is 13.5. The third kappa shape index (κ3) is 3.76. The van der Waals surface area contributed by atoms with E-state index < -0.39 is 0 Å². The zero-order valence-electron chi connectivity index (χ0n) is 10.8. The van der Waals surface area contributed by atoms with E-state index >= 15 is 0 Å².